The molecule has 2 rings (SSSR count). The topological polar surface area (TPSA) is 29.3 Å². The lowest BCUT2D eigenvalue weighted by molar-refractivity contribution is 0.246. The zero-order valence-electron chi connectivity index (χ0n) is 9.04. The molecule has 0 unspecified atom stereocenters. The van der Waals surface area contributed by atoms with Crippen LogP contribution >= 0.6 is 0 Å². The van der Waals surface area contributed by atoms with Crippen molar-refractivity contribution >= 4 is 5.69 Å². The summed E-state index contributed by atoms with van der Waals surface area (Å²) < 4.78 is 12.8. The van der Waals surface area contributed by atoms with Gasteiger partial charge in [0.15, 0.2) is 0 Å². The number of hydrogen-bond acceptors (Lipinski definition) is 2. The van der Waals surface area contributed by atoms with Crippen molar-refractivity contribution in [3.63, 3.8) is 0 Å². The molecule has 1 aromatic rings. The van der Waals surface area contributed by atoms with Gasteiger partial charge in [-0.15, -0.1) is 0 Å². The van der Waals surface area contributed by atoms with Crippen molar-refractivity contribution in [3.8, 4) is 0 Å². The molecule has 0 spiro atoms. The first kappa shape index (κ1) is 10.4. The van der Waals surface area contributed by atoms with Crippen LogP contribution in [0.25, 0.3) is 0 Å². The first-order chi connectivity index (χ1) is 7.18. The highest BCUT2D eigenvalue weighted by Crippen LogP contribution is 2.38. The molecule has 1 aliphatic rings. The lowest BCUT2D eigenvalue weighted by Crippen LogP contribution is -2.57. The highest BCUT2D eigenvalue weighted by molar-refractivity contribution is 5.49. The molecule has 1 aromatic carbocycles. The number of nitrogens with zero attached hydrogens (tertiary/aromatic N) is 1. The second-order valence-corrected chi connectivity index (χ2v) is 4.32. The fourth-order valence-electron chi connectivity index (χ4n) is 2.20. The molecule has 15 heavy (non-hydrogen) atoms. The molecule has 0 atom stereocenters. The smallest absolute Gasteiger partial charge is 0.123 e. The normalized spacial score (nSPS) is 18.3. The fraction of sp³-hybridized carbons (Fsp3) is 0.500. The van der Waals surface area contributed by atoms with E-state index in [2.05, 4.69) is 4.90 Å². The van der Waals surface area contributed by atoms with E-state index in [1.165, 1.54) is 18.6 Å². The molecule has 0 amide bonds. The maximum Gasteiger partial charge on any atom is 0.123 e. The summed E-state index contributed by atoms with van der Waals surface area (Å²) in [4.78, 5) is 2.19. The van der Waals surface area contributed by atoms with E-state index >= 15 is 0 Å². The Morgan fingerprint density at radius 2 is 1.93 bits per heavy atom. The monoisotopic (exact) mass is 208 g/mol. The van der Waals surface area contributed by atoms with Crippen LogP contribution in [0.15, 0.2) is 24.3 Å². The Bertz CT molecular complexity index is 324. The minimum absolute atomic E-state index is 0.109. The SMILES string of the molecule is CN(c1ccc(F)cc1)C1(CN)CCC1. The third-order valence-electron chi connectivity index (χ3n) is 3.59. The molecule has 0 aliphatic heterocycles. The van der Waals surface area contributed by atoms with Gasteiger partial charge in [0.2, 0.25) is 0 Å². The predicted molar refractivity (Wildman–Crippen MR) is 60.4 cm³/mol. The van der Waals surface area contributed by atoms with Crippen molar-refractivity contribution in [2.45, 2.75) is 24.8 Å². The Balaban J connectivity index is 2.19. The van der Waals surface area contributed by atoms with E-state index in [-0.39, 0.29) is 11.4 Å². The highest BCUT2D eigenvalue weighted by atomic mass is 19.1. The van der Waals surface area contributed by atoms with Gasteiger partial charge in [0.25, 0.3) is 0 Å². The van der Waals surface area contributed by atoms with Gasteiger partial charge in [0.05, 0.1) is 5.54 Å². The zero-order valence-corrected chi connectivity index (χ0v) is 9.04. The van der Waals surface area contributed by atoms with Crippen LogP contribution in [0.2, 0.25) is 0 Å². The molecular formula is C12H17FN2. The molecule has 3 heteroatoms. The standard InChI is InChI=1S/C12H17FN2/c1-15(12(9-14)7-2-8-12)11-5-3-10(13)4-6-11/h3-6H,2,7-9,14H2,1H3. The van der Waals surface area contributed by atoms with Crippen molar-refractivity contribution < 1.29 is 4.39 Å². The van der Waals surface area contributed by atoms with Gasteiger partial charge in [-0.2, -0.15) is 0 Å². The third kappa shape index (κ3) is 1.72. The Kier molecular flexibility index (Phi) is 2.65. The van der Waals surface area contributed by atoms with Crippen LogP contribution in [0, 0.1) is 5.82 Å². The fourth-order valence-corrected chi connectivity index (χ4v) is 2.20. The highest BCUT2D eigenvalue weighted by Gasteiger charge is 2.39. The zero-order chi connectivity index (χ0) is 10.9. The molecule has 1 aliphatic carbocycles. The average Bonchev–Trinajstić information content (AvgIpc) is 2.18. The maximum absolute atomic E-state index is 12.8. The summed E-state index contributed by atoms with van der Waals surface area (Å²) in [6.07, 6.45) is 3.51. The molecule has 1 fully saturated rings. The number of anilines is 1. The van der Waals surface area contributed by atoms with E-state index in [1.54, 1.807) is 0 Å². The van der Waals surface area contributed by atoms with E-state index in [0.717, 1.165) is 18.5 Å². The summed E-state index contributed by atoms with van der Waals surface area (Å²) in [5, 5.41) is 0. The molecule has 0 aromatic heterocycles. The van der Waals surface area contributed by atoms with Crippen LogP contribution in [-0.4, -0.2) is 19.1 Å². The Hall–Kier alpha value is -1.09. The van der Waals surface area contributed by atoms with Crippen molar-refractivity contribution in [3.05, 3.63) is 30.1 Å². The summed E-state index contributed by atoms with van der Waals surface area (Å²) in [7, 11) is 2.04. The number of nitrogens with two attached hydrogens (primary N) is 1. The lowest BCUT2D eigenvalue weighted by Gasteiger charge is -2.49. The second kappa shape index (κ2) is 3.81. The molecular weight excluding hydrogens is 191 g/mol. The van der Waals surface area contributed by atoms with E-state index < -0.39 is 0 Å². The first-order valence-electron chi connectivity index (χ1n) is 5.37. The molecule has 0 bridgehead atoms. The van der Waals surface area contributed by atoms with Gasteiger partial charge in [-0.3, -0.25) is 0 Å². The minimum Gasteiger partial charge on any atom is -0.368 e. The van der Waals surface area contributed by atoms with Crippen molar-refractivity contribution in [2.24, 2.45) is 5.73 Å². The van der Waals surface area contributed by atoms with Crippen molar-refractivity contribution in [1.29, 1.82) is 0 Å². The number of rotatable bonds is 3. The van der Waals surface area contributed by atoms with Gasteiger partial charge in [-0.05, 0) is 43.5 Å². The Morgan fingerprint density at radius 1 is 1.33 bits per heavy atom. The van der Waals surface area contributed by atoms with Gasteiger partial charge in [-0.1, -0.05) is 0 Å². The van der Waals surface area contributed by atoms with E-state index in [4.69, 9.17) is 5.73 Å². The van der Waals surface area contributed by atoms with E-state index in [9.17, 15) is 4.39 Å². The molecule has 2 N–H and O–H groups in total. The Morgan fingerprint density at radius 3 is 2.33 bits per heavy atom. The van der Waals surface area contributed by atoms with Crippen LogP contribution < -0.4 is 10.6 Å². The summed E-state index contributed by atoms with van der Waals surface area (Å²) in [5.74, 6) is -0.192. The van der Waals surface area contributed by atoms with Crippen LogP contribution in [-0.2, 0) is 0 Å². The van der Waals surface area contributed by atoms with Crippen LogP contribution in [0.1, 0.15) is 19.3 Å². The van der Waals surface area contributed by atoms with Crippen LogP contribution in [0.5, 0.6) is 0 Å². The van der Waals surface area contributed by atoms with E-state index in [1.807, 2.05) is 19.2 Å². The Labute approximate surface area is 89.9 Å². The van der Waals surface area contributed by atoms with Gasteiger partial charge < -0.3 is 10.6 Å². The predicted octanol–water partition coefficient (Wildman–Crippen LogP) is 2.14. The van der Waals surface area contributed by atoms with E-state index in [0.29, 0.717) is 6.54 Å². The largest absolute Gasteiger partial charge is 0.368 e. The van der Waals surface area contributed by atoms with Gasteiger partial charge in [-0.25, -0.2) is 4.39 Å². The van der Waals surface area contributed by atoms with Crippen LogP contribution in [0.4, 0.5) is 10.1 Å². The second-order valence-electron chi connectivity index (χ2n) is 4.32. The molecule has 0 saturated heterocycles. The summed E-state index contributed by atoms with van der Waals surface area (Å²) in [5.41, 5.74) is 6.97. The summed E-state index contributed by atoms with van der Waals surface area (Å²) in [6.45, 7) is 0.668. The summed E-state index contributed by atoms with van der Waals surface area (Å²) in [6, 6.07) is 6.61. The van der Waals surface area contributed by atoms with Gasteiger partial charge in [0, 0.05) is 19.3 Å². The molecule has 1 saturated carbocycles. The van der Waals surface area contributed by atoms with Gasteiger partial charge in [0.1, 0.15) is 5.82 Å². The molecule has 82 valence electrons. The number of likely N-dealkylation sites (N-methyl/N-ethyl adjacent to an activating group) is 1. The van der Waals surface area contributed by atoms with Crippen molar-refractivity contribution in [2.75, 3.05) is 18.5 Å². The average molecular weight is 208 g/mol. The van der Waals surface area contributed by atoms with Gasteiger partial charge >= 0.3 is 0 Å². The molecule has 0 heterocycles. The number of hydrogen-bond donors (Lipinski definition) is 1. The summed E-state index contributed by atoms with van der Waals surface area (Å²) >= 11 is 0. The number of halogens is 1. The molecule has 0 radical (unpaired) electrons. The molecule has 2 nitrogen and oxygen atoms in total. The quantitative estimate of drug-likeness (QED) is 0.824. The third-order valence-corrected chi connectivity index (χ3v) is 3.59. The van der Waals surface area contributed by atoms with Crippen LogP contribution in [0.3, 0.4) is 0 Å². The lowest BCUT2D eigenvalue weighted by atomic mass is 9.75. The first-order valence-corrected chi connectivity index (χ1v) is 5.37. The maximum atomic E-state index is 12.8. The minimum atomic E-state index is -0.192. The number of benzene rings is 1. The van der Waals surface area contributed by atoms with Crippen molar-refractivity contribution in [1.82, 2.24) is 0 Å².